The number of hydrogen-bond donors (Lipinski definition) is 1. The Bertz CT molecular complexity index is 280. The second-order valence-electron chi connectivity index (χ2n) is 4.42. The lowest BCUT2D eigenvalue weighted by Crippen LogP contribution is -2.29. The maximum absolute atomic E-state index is 11.3. The van der Waals surface area contributed by atoms with E-state index in [1.807, 2.05) is 0 Å². The molecule has 1 aliphatic rings. The van der Waals surface area contributed by atoms with Gasteiger partial charge in [-0.1, -0.05) is 6.92 Å². The fourth-order valence-electron chi connectivity index (χ4n) is 1.96. The van der Waals surface area contributed by atoms with Crippen LogP contribution >= 0.6 is 0 Å². The molecule has 16 heavy (non-hydrogen) atoms. The molecule has 0 aromatic heterocycles. The van der Waals surface area contributed by atoms with E-state index >= 15 is 0 Å². The van der Waals surface area contributed by atoms with E-state index in [1.165, 1.54) is 0 Å². The molecule has 4 nitrogen and oxygen atoms in total. The molecule has 1 fully saturated rings. The zero-order valence-electron chi connectivity index (χ0n) is 9.89. The predicted octanol–water partition coefficient (Wildman–Crippen LogP) is 0.989. The first-order chi connectivity index (χ1) is 7.55. The monoisotopic (exact) mass is 250 g/mol. The Morgan fingerprint density at radius 2 is 2.25 bits per heavy atom. The van der Waals surface area contributed by atoms with E-state index in [4.69, 9.17) is 4.74 Å². The van der Waals surface area contributed by atoms with Crippen LogP contribution in [0.3, 0.4) is 0 Å². The van der Waals surface area contributed by atoms with Crippen molar-refractivity contribution in [2.45, 2.75) is 38.7 Å². The van der Waals surface area contributed by atoms with Crippen LogP contribution in [0.2, 0.25) is 0 Å². The fourth-order valence-corrected chi connectivity index (χ4v) is 2.86. The van der Waals surface area contributed by atoms with Crippen molar-refractivity contribution >= 4 is 9.84 Å². The first-order valence-electron chi connectivity index (χ1n) is 6.01. The van der Waals surface area contributed by atoms with Crippen molar-refractivity contribution in [3.63, 3.8) is 0 Å². The number of sulfone groups is 1. The van der Waals surface area contributed by atoms with Crippen LogP contribution in [0.15, 0.2) is 0 Å². The summed E-state index contributed by atoms with van der Waals surface area (Å²) in [6.45, 7) is 3.05. The number of rotatable bonds is 6. The van der Waals surface area contributed by atoms with E-state index in [0.717, 1.165) is 19.4 Å². The van der Waals surface area contributed by atoms with Crippen LogP contribution in [0.25, 0.3) is 0 Å². The van der Waals surface area contributed by atoms with Gasteiger partial charge in [0.1, 0.15) is 9.84 Å². The van der Waals surface area contributed by atoms with E-state index in [-0.39, 0.29) is 17.4 Å². The summed E-state index contributed by atoms with van der Waals surface area (Å²) in [4.78, 5) is 0. The Morgan fingerprint density at radius 3 is 2.81 bits per heavy atom. The van der Waals surface area contributed by atoms with Crippen LogP contribution in [0.5, 0.6) is 0 Å². The van der Waals surface area contributed by atoms with Crippen LogP contribution < -0.4 is 0 Å². The van der Waals surface area contributed by atoms with Crippen molar-refractivity contribution in [2.24, 2.45) is 5.92 Å². The highest BCUT2D eigenvalue weighted by atomic mass is 32.2. The lowest BCUT2D eigenvalue weighted by atomic mass is 9.93. The molecule has 0 spiro atoms. The van der Waals surface area contributed by atoms with E-state index in [1.54, 1.807) is 6.92 Å². The molecular formula is C11H22O4S. The summed E-state index contributed by atoms with van der Waals surface area (Å²) in [6, 6.07) is 0. The molecule has 5 heteroatoms. The SMILES string of the molecule is CCS(=O)(=O)CCCC(O)C1CCCOC1. The summed E-state index contributed by atoms with van der Waals surface area (Å²) in [5.41, 5.74) is 0. The smallest absolute Gasteiger partial charge is 0.150 e. The van der Waals surface area contributed by atoms with Gasteiger partial charge in [-0.25, -0.2) is 8.42 Å². The van der Waals surface area contributed by atoms with Gasteiger partial charge in [0.2, 0.25) is 0 Å². The molecule has 0 aromatic carbocycles. The van der Waals surface area contributed by atoms with Gasteiger partial charge < -0.3 is 9.84 Å². The Morgan fingerprint density at radius 1 is 1.50 bits per heavy atom. The summed E-state index contributed by atoms with van der Waals surface area (Å²) < 4.78 is 27.8. The molecule has 1 rings (SSSR count). The highest BCUT2D eigenvalue weighted by molar-refractivity contribution is 7.91. The van der Waals surface area contributed by atoms with E-state index in [9.17, 15) is 13.5 Å². The number of ether oxygens (including phenoxy) is 1. The third-order valence-corrected chi connectivity index (χ3v) is 4.93. The van der Waals surface area contributed by atoms with E-state index in [0.29, 0.717) is 19.4 Å². The van der Waals surface area contributed by atoms with Gasteiger partial charge in [0.25, 0.3) is 0 Å². The lowest BCUT2D eigenvalue weighted by molar-refractivity contribution is -0.0119. The summed E-state index contributed by atoms with van der Waals surface area (Å²) in [7, 11) is -2.89. The molecule has 1 aliphatic heterocycles. The first-order valence-corrected chi connectivity index (χ1v) is 7.83. The summed E-state index contributed by atoms with van der Waals surface area (Å²) in [5, 5.41) is 9.87. The van der Waals surface area contributed by atoms with Gasteiger partial charge in [-0.3, -0.25) is 0 Å². The molecule has 0 aromatic rings. The van der Waals surface area contributed by atoms with Gasteiger partial charge in [-0.05, 0) is 25.7 Å². The van der Waals surface area contributed by atoms with Gasteiger partial charge in [0, 0.05) is 18.3 Å². The zero-order chi connectivity index (χ0) is 12.0. The molecule has 0 amide bonds. The molecule has 96 valence electrons. The minimum absolute atomic E-state index is 0.189. The Labute approximate surface area is 97.9 Å². The Kier molecular flexibility index (Phi) is 5.72. The molecule has 0 saturated carbocycles. The van der Waals surface area contributed by atoms with Crippen molar-refractivity contribution in [3.05, 3.63) is 0 Å². The van der Waals surface area contributed by atoms with Gasteiger partial charge in [-0.2, -0.15) is 0 Å². The second kappa shape index (κ2) is 6.57. The molecular weight excluding hydrogens is 228 g/mol. The standard InChI is InChI=1S/C11H22O4S/c1-2-16(13,14)8-4-6-11(12)10-5-3-7-15-9-10/h10-12H,2-9H2,1H3. The molecule has 0 aliphatic carbocycles. The van der Waals surface area contributed by atoms with Crippen molar-refractivity contribution in [2.75, 3.05) is 24.7 Å². The molecule has 1 saturated heterocycles. The molecule has 2 atom stereocenters. The van der Waals surface area contributed by atoms with Crippen LogP contribution in [-0.2, 0) is 14.6 Å². The minimum atomic E-state index is -2.89. The Hall–Kier alpha value is -0.130. The van der Waals surface area contributed by atoms with Crippen LogP contribution in [0.4, 0.5) is 0 Å². The lowest BCUT2D eigenvalue weighted by Gasteiger charge is -2.26. The van der Waals surface area contributed by atoms with Gasteiger partial charge >= 0.3 is 0 Å². The second-order valence-corrected chi connectivity index (χ2v) is 6.90. The van der Waals surface area contributed by atoms with Crippen molar-refractivity contribution in [3.8, 4) is 0 Å². The number of aliphatic hydroxyl groups is 1. The van der Waals surface area contributed by atoms with Crippen molar-refractivity contribution in [1.82, 2.24) is 0 Å². The fraction of sp³-hybridized carbons (Fsp3) is 1.00. The Balaban J connectivity index is 2.21. The average Bonchev–Trinajstić information content (AvgIpc) is 2.30. The van der Waals surface area contributed by atoms with Crippen LogP contribution in [-0.4, -0.2) is 44.3 Å². The highest BCUT2D eigenvalue weighted by Crippen LogP contribution is 2.20. The average molecular weight is 250 g/mol. The molecule has 1 N–H and O–H groups in total. The van der Waals surface area contributed by atoms with E-state index < -0.39 is 15.9 Å². The van der Waals surface area contributed by atoms with E-state index in [2.05, 4.69) is 0 Å². The van der Waals surface area contributed by atoms with Crippen molar-refractivity contribution < 1.29 is 18.3 Å². The topological polar surface area (TPSA) is 63.6 Å². The van der Waals surface area contributed by atoms with Crippen LogP contribution in [0.1, 0.15) is 32.6 Å². The maximum atomic E-state index is 11.3. The first kappa shape index (κ1) is 13.9. The van der Waals surface area contributed by atoms with Gasteiger partial charge in [0.05, 0.1) is 18.5 Å². The normalized spacial score (nSPS) is 24.2. The molecule has 0 radical (unpaired) electrons. The third kappa shape index (κ3) is 4.80. The largest absolute Gasteiger partial charge is 0.393 e. The zero-order valence-corrected chi connectivity index (χ0v) is 10.7. The molecule has 1 heterocycles. The summed E-state index contributed by atoms with van der Waals surface area (Å²) in [6.07, 6.45) is 2.69. The molecule has 2 unspecified atom stereocenters. The van der Waals surface area contributed by atoms with Gasteiger partial charge in [0.15, 0.2) is 0 Å². The predicted molar refractivity (Wildman–Crippen MR) is 63.1 cm³/mol. The number of aliphatic hydroxyl groups excluding tert-OH is 1. The summed E-state index contributed by atoms with van der Waals surface area (Å²) >= 11 is 0. The molecule has 0 bridgehead atoms. The van der Waals surface area contributed by atoms with Gasteiger partial charge in [-0.15, -0.1) is 0 Å². The van der Waals surface area contributed by atoms with Crippen molar-refractivity contribution in [1.29, 1.82) is 0 Å². The summed E-state index contributed by atoms with van der Waals surface area (Å²) in [5.74, 6) is 0.571. The quantitative estimate of drug-likeness (QED) is 0.763. The third-order valence-electron chi connectivity index (χ3n) is 3.13. The minimum Gasteiger partial charge on any atom is -0.393 e. The maximum Gasteiger partial charge on any atom is 0.150 e. The highest BCUT2D eigenvalue weighted by Gasteiger charge is 2.22. The van der Waals surface area contributed by atoms with Crippen LogP contribution in [0, 0.1) is 5.92 Å². The number of hydrogen-bond acceptors (Lipinski definition) is 4.